The maximum absolute atomic E-state index is 14.2. The summed E-state index contributed by atoms with van der Waals surface area (Å²) in [5.74, 6) is -1.58. The van der Waals surface area contributed by atoms with Crippen LogP contribution >= 0.6 is 0 Å². The van der Waals surface area contributed by atoms with E-state index < -0.39 is 76.8 Å². The van der Waals surface area contributed by atoms with Gasteiger partial charge in [-0.1, -0.05) is 131 Å². The van der Waals surface area contributed by atoms with Crippen molar-refractivity contribution in [2.75, 3.05) is 6.54 Å². The molecule has 0 spiro atoms. The Balaban J connectivity index is 1.96. The van der Waals surface area contributed by atoms with E-state index in [1.54, 1.807) is 0 Å². The Bertz CT molecular complexity index is 1680. The molecule has 2 fully saturated rings. The fourth-order valence-corrected chi connectivity index (χ4v) is 10.2. The molecule has 17 heteroatoms. The molecule has 342 valence electrons. The average Bonchev–Trinajstić information content (AvgIpc) is 3.68. The number of carbonyl (C=O) groups is 2. The second-order valence-electron chi connectivity index (χ2n) is 19.9. The molecule has 1 aromatic rings. The smallest absolute Gasteiger partial charge is 0.330 e. The number of aromatic amines is 1. The molecule has 60 heavy (non-hydrogen) atoms. The summed E-state index contributed by atoms with van der Waals surface area (Å²) in [6.07, 6.45) is 11.0. The first-order valence-corrected chi connectivity index (χ1v) is 28.4. The molecular weight excluding hydrogens is 801 g/mol. The van der Waals surface area contributed by atoms with Gasteiger partial charge in [0, 0.05) is 30.1 Å². The van der Waals surface area contributed by atoms with Gasteiger partial charge < -0.3 is 28.3 Å². The number of amides is 1. The minimum absolute atomic E-state index is 0.149. The van der Waals surface area contributed by atoms with Gasteiger partial charge in [0.15, 0.2) is 28.9 Å². The third-order valence-electron chi connectivity index (χ3n) is 13.2. The maximum Gasteiger partial charge on any atom is 0.330 e. The summed E-state index contributed by atoms with van der Waals surface area (Å²) in [5, 5.41) is 14.1. The predicted octanol–water partition coefficient (Wildman–Crippen LogP) is 9.79. The molecule has 3 rings (SSSR count). The van der Waals surface area contributed by atoms with Crippen molar-refractivity contribution in [3.63, 3.8) is 0 Å². The van der Waals surface area contributed by atoms with Gasteiger partial charge in [0.25, 0.3) is 5.56 Å². The monoisotopic (exact) mass is 879 g/mol. The van der Waals surface area contributed by atoms with E-state index in [1.165, 1.54) is 79.5 Å². The van der Waals surface area contributed by atoms with Crippen LogP contribution in [0.15, 0.2) is 27.0 Å². The number of H-pyrrole nitrogens is 1. The minimum atomic E-state index is -2.68. The molecule has 2 N–H and O–H groups in total. The summed E-state index contributed by atoms with van der Waals surface area (Å²) >= 11 is 0. The molecule has 0 radical (unpaired) electrons. The van der Waals surface area contributed by atoms with E-state index in [4.69, 9.17) is 23.9 Å². The van der Waals surface area contributed by atoms with Gasteiger partial charge in [0.2, 0.25) is 5.91 Å². The van der Waals surface area contributed by atoms with E-state index in [-0.39, 0.29) is 35.4 Å². The number of carbonyl (C=O) groups excluding carboxylic acids is 1. The number of carboxylic acids is 1. The molecule has 0 saturated carbocycles. The third-order valence-corrected chi connectivity index (χ3v) is 22.1. The van der Waals surface area contributed by atoms with E-state index in [0.717, 1.165) is 19.3 Å². The zero-order valence-electron chi connectivity index (χ0n) is 38.7. The van der Waals surface area contributed by atoms with Gasteiger partial charge in [-0.25, -0.2) is 9.59 Å². The minimum Gasteiger partial charge on any atom is -0.480 e. The number of nitrogens with zero attached hydrogens (tertiary/aromatic N) is 5. The summed E-state index contributed by atoms with van der Waals surface area (Å²) in [4.78, 5) is 59.9. The van der Waals surface area contributed by atoms with Gasteiger partial charge in [0.1, 0.15) is 30.6 Å². The van der Waals surface area contributed by atoms with Gasteiger partial charge >= 0.3 is 11.7 Å². The Morgan fingerprint density at radius 1 is 0.817 bits per heavy atom. The highest BCUT2D eigenvalue weighted by Gasteiger charge is 2.61. The molecule has 2 saturated heterocycles. The number of hydrogen-bond donors (Lipinski definition) is 2. The van der Waals surface area contributed by atoms with E-state index in [0.29, 0.717) is 12.8 Å². The van der Waals surface area contributed by atoms with Crippen LogP contribution in [0.2, 0.25) is 36.3 Å². The molecule has 7 atom stereocenters. The number of unbranched alkanes of at least 4 members (excludes halogenated alkanes) is 12. The first-order chi connectivity index (χ1) is 28.1. The van der Waals surface area contributed by atoms with Crippen molar-refractivity contribution in [3.8, 4) is 0 Å². The number of rotatable bonds is 25. The quantitative estimate of drug-likeness (QED) is 0.0316. The number of azide groups is 1. The fourth-order valence-electron chi connectivity index (χ4n) is 7.58. The number of ether oxygens (including phenoxy) is 2. The topological polar surface area (TPSA) is 198 Å². The van der Waals surface area contributed by atoms with Gasteiger partial charge in [-0.05, 0) is 61.1 Å². The molecule has 1 aromatic heterocycles. The highest BCUT2D eigenvalue weighted by molar-refractivity contribution is 6.74. The van der Waals surface area contributed by atoms with Crippen LogP contribution in [0.5, 0.6) is 0 Å². The lowest BCUT2D eigenvalue weighted by molar-refractivity contribution is -0.152. The highest BCUT2D eigenvalue weighted by Crippen LogP contribution is 2.48. The van der Waals surface area contributed by atoms with Crippen molar-refractivity contribution in [1.29, 1.82) is 0 Å². The lowest BCUT2D eigenvalue weighted by atomic mass is 9.98. The second-order valence-corrected chi connectivity index (χ2v) is 29.4. The molecule has 2 aliphatic rings. The van der Waals surface area contributed by atoms with Crippen molar-refractivity contribution >= 4 is 28.5 Å². The Kier molecular flexibility index (Phi) is 19.8. The van der Waals surface area contributed by atoms with Crippen LogP contribution in [0.1, 0.15) is 157 Å². The summed E-state index contributed by atoms with van der Waals surface area (Å²) in [6, 6.07) is -0.215. The van der Waals surface area contributed by atoms with Crippen LogP contribution < -0.4 is 11.2 Å². The lowest BCUT2D eigenvalue weighted by Gasteiger charge is -2.44. The van der Waals surface area contributed by atoms with Crippen molar-refractivity contribution in [2.45, 2.75) is 230 Å². The first-order valence-electron chi connectivity index (χ1n) is 22.6. The van der Waals surface area contributed by atoms with Crippen LogP contribution in [0.25, 0.3) is 10.4 Å². The first kappa shape index (κ1) is 51.6. The SMILES string of the molecule is CCCCCCCCCCCCCCCC(=O)N1[C@H](C(=O)O)[C@@H]([C@H]2O[C@@H](n3ccc(=O)[nH]c3=O)[C@H](O[Si](C)(C)C(C)(C)C)[C@@H]2O[Si](C)(C)C(C)(C)C)O[C@@H]1CCCN=[N+]=[N-]. The van der Waals surface area contributed by atoms with Crippen molar-refractivity contribution in [2.24, 2.45) is 5.11 Å². The van der Waals surface area contributed by atoms with Crippen LogP contribution in [-0.2, 0) is 27.9 Å². The summed E-state index contributed by atoms with van der Waals surface area (Å²) in [6.45, 7) is 23.3. The molecule has 0 aromatic carbocycles. The van der Waals surface area contributed by atoms with E-state index in [2.05, 4.69) is 89.7 Å². The van der Waals surface area contributed by atoms with Crippen molar-refractivity contribution in [1.82, 2.24) is 14.5 Å². The average molecular weight is 879 g/mol. The molecule has 0 unspecified atom stereocenters. The highest BCUT2D eigenvalue weighted by atomic mass is 28.4. The molecule has 1 amide bonds. The van der Waals surface area contributed by atoms with Gasteiger partial charge in [-0.15, -0.1) is 0 Å². The molecular formula is C43H78N6O9Si2. The van der Waals surface area contributed by atoms with E-state index in [1.807, 2.05) is 0 Å². The standard InChI is InChI=1S/C43H78N6O9Si2/c1-12-13-14-15-16-17-18-19-20-21-22-23-24-26-32(51)49-33(27-25-29-45-47-44)55-35(34(49)40(52)53)36-37(57-59(8,9)42(2,3)4)38(58-60(10,11)43(5,6)7)39(56-36)48-30-28-31(50)46-41(48)54/h28,30,33-39H,12-27,29H2,1-11H3,(H,52,53)(H,46,50,54)/t33-,34+,35+,36-,37-,38-,39-/m1/s1. The Morgan fingerprint density at radius 2 is 1.33 bits per heavy atom. The molecule has 3 heterocycles. The van der Waals surface area contributed by atoms with Gasteiger partial charge in [-0.3, -0.25) is 19.1 Å². The predicted molar refractivity (Wildman–Crippen MR) is 240 cm³/mol. The third kappa shape index (κ3) is 14.1. The molecule has 15 nitrogen and oxygen atoms in total. The Hall–Kier alpha value is -2.80. The zero-order valence-corrected chi connectivity index (χ0v) is 40.7. The number of nitrogens with one attached hydrogen (secondary N) is 1. The number of aromatic nitrogens is 2. The van der Waals surface area contributed by atoms with Crippen LogP contribution in [0.4, 0.5) is 0 Å². The summed E-state index contributed by atoms with van der Waals surface area (Å²) in [7, 11) is -5.33. The molecule has 0 aliphatic carbocycles. The van der Waals surface area contributed by atoms with E-state index in [9.17, 15) is 24.3 Å². The van der Waals surface area contributed by atoms with Crippen LogP contribution in [0, 0.1) is 0 Å². The Morgan fingerprint density at radius 3 is 1.82 bits per heavy atom. The number of carboxylic acid groups (broad SMARTS) is 1. The normalized spacial score (nSPS) is 23.9. The van der Waals surface area contributed by atoms with Gasteiger partial charge in [-0.2, -0.15) is 0 Å². The van der Waals surface area contributed by atoms with Crippen LogP contribution in [-0.4, -0.2) is 91.3 Å². The summed E-state index contributed by atoms with van der Waals surface area (Å²) in [5.41, 5.74) is 7.65. The van der Waals surface area contributed by atoms with Crippen LogP contribution in [0.3, 0.4) is 0 Å². The van der Waals surface area contributed by atoms with Crippen molar-refractivity contribution < 1.29 is 33.0 Å². The number of aliphatic carboxylic acids is 1. The number of hydrogen-bond acceptors (Lipinski definition) is 9. The molecule has 2 aliphatic heterocycles. The molecule has 0 bridgehead atoms. The zero-order chi connectivity index (χ0) is 44.9. The largest absolute Gasteiger partial charge is 0.480 e. The Labute approximate surface area is 360 Å². The maximum atomic E-state index is 14.2. The summed E-state index contributed by atoms with van der Waals surface area (Å²) < 4.78 is 29.1. The fraction of sp³-hybridized carbons (Fsp3) is 0.860. The van der Waals surface area contributed by atoms with Gasteiger partial charge in [0.05, 0.1) is 0 Å². The van der Waals surface area contributed by atoms with Crippen molar-refractivity contribution in [3.05, 3.63) is 43.5 Å². The lowest BCUT2D eigenvalue weighted by Crippen LogP contribution is -2.57. The van der Waals surface area contributed by atoms with E-state index >= 15 is 0 Å². The second kappa shape index (κ2) is 23.0.